The fraction of sp³-hybridized carbons (Fsp3) is 0.538. The summed E-state index contributed by atoms with van der Waals surface area (Å²) in [6, 6.07) is 4.17. The fourth-order valence-corrected chi connectivity index (χ4v) is 3.12. The lowest BCUT2D eigenvalue weighted by molar-refractivity contribution is -0.133. The molecule has 0 atom stereocenters. The Bertz CT molecular complexity index is 440. The average molecular weight is 251 g/mol. The Balaban J connectivity index is 2.20. The molecule has 0 saturated carbocycles. The molecule has 0 radical (unpaired) electrons. The third kappa shape index (κ3) is 2.75. The van der Waals surface area contributed by atoms with Gasteiger partial charge in [0.25, 0.3) is 0 Å². The van der Waals surface area contributed by atoms with Gasteiger partial charge >= 0.3 is 0 Å². The Morgan fingerprint density at radius 2 is 1.76 bits per heavy atom. The highest BCUT2D eigenvalue weighted by Crippen LogP contribution is 2.36. The van der Waals surface area contributed by atoms with E-state index in [4.69, 9.17) is 0 Å². The quantitative estimate of drug-likeness (QED) is 0.780. The molecule has 2 amide bonds. The maximum absolute atomic E-state index is 11.3. The standard InChI is InChI=1S/C13H17NO2S/c1-13(2,3)10-5-4-9(17-10)8-6-11(15)14-12(16)7-8/h4-5,8H,6-7H2,1-3H3,(H,14,15,16). The number of rotatable bonds is 1. The first-order chi connectivity index (χ1) is 7.86. The summed E-state index contributed by atoms with van der Waals surface area (Å²) in [6.45, 7) is 6.50. The lowest BCUT2D eigenvalue weighted by atomic mass is 9.93. The van der Waals surface area contributed by atoms with E-state index in [0.717, 1.165) is 4.88 Å². The number of nitrogens with one attached hydrogen (secondary N) is 1. The summed E-state index contributed by atoms with van der Waals surface area (Å²) >= 11 is 1.72. The van der Waals surface area contributed by atoms with Crippen molar-refractivity contribution in [2.75, 3.05) is 0 Å². The Morgan fingerprint density at radius 3 is 2.24 bits per heavy atom. The predicted molar refractivity (Wildman–Crippen MR) is 68.1 cm³/mol. The van der Waals surface area contributed by atoms with Gasteiger partial charge in [0.2, 0.25) is 11.8 Å². The average Bonchev–Trinajstić information content (AvgIpc) is 2.63. The lowest BCUT2D eigenvalue weighted by Gasteiger charge is -2.20. The fourth-order valence-electron chi connectivity index (χ4n) is 1.95. The molecule has 92 valence electrons. The number of thiophene rings is 1. The number of hydrogen-bond acceptors (Lipinski definition) is 3. The third-order valence-electron chi connectivity index (χ3n) is 2.91. The van der Waals surface area contributed by atoms with Gasteiger partial charge in [0.05, 0.1) is 0 Å². The summed E-state index contributed by atoms with van der Waals surface area (Å²) in [5.74, 6) is -0.244. The van der Waals surface area contributed by atoms with Crippen molar-refractivity contribution in [3.05, 3.63) is 21.9 Å². The second-order valence-electron chi connectivity index (χ2n) is 5.53. The molecule has 1 aliphatic rings. The van der Waals surface area contributed by atoms with Crippen LogP contribution in [0.1, 0.15) is 49.3 Å². The number of piperidine rings is 1. The maximum atomic E-state index is 11.3. The second-order valence-corrected chi connectivity index (χ2v) is 6.64. The molecule has 4 heteroatoms. The molecule has 2 rings (SSSR count). The van der Waals surface area contributed by atoms with Crippen LogP contribution >= 0.6 is 11.3 Å². The van der Waals surface area contributed by atoms with Crippen molar-refractivity contribution in [1.82, 2.24) is 5.32 Å². The Morgan fingerprint density at radius 1 is 1.18 bits per heavy atom. The Labute approximate surface area is 105 Å². The predicted octanol–water partition coefficient (Wildman–Crippen LogP) is 2.57. The van der Waals surface area contributed by atoms with Crippen molar-refractivity contribution in [3.8, 4) is 0 Å². The number of hydrogen-bond donors (Lipinski definition) is 1. The Hall–Kier alpha value is -1.16. The lowest BCUT2D eigenvalue weighted by Crippen LogP contribution is -2.37. The normalized spacial score (nSPS) is 18.3. The topological polar surface area (TPSA) is 46.2 Å². The van der Waals surface area contributed by atoms with Crippen LogP contribution in [0.25, 0.3) is 0 Å². The van der Waals surface area contributed by atoms with E-state index >= 15 is 0 Å². The molecule has 1 aromatic rings. The van der Waals surface area contributed by atoms with Gasteiger partial charge in [-0.15, -0.1) is 11.3 Å². The molecule has 0 aliphatic carbocycles. The number of carbonyl (C=O) groups excluding carboxylic acids is 2. The van der Waals surface area contributed by atoms with Gasteiger partial charge in [0.15, 0.2) is 0 Å². The van der Waals surface area contributed by atoms with Gasteiger partial charge in [0.1, 0.15) is 0 Å². The van der Waals surface area contributed by atoms with Gasteiger partial charge in [-0.3, -0.25) is 14.9 Å². The van der Waals surface area contributed by atoms with Gasteiger partial charge in [-0.05, 0) is 17.5 Å². The first-order valence-corrected chi connectivity index (χ1v) is 6.61. The van der Waals surface area contributed by atoms with Crippen LogP contribution in [0.15, 0.2) is 12.1 Å². The molecule has 1 aliphatic heterocycles. The molecule has 1 saturated heterocycles. The van der Waals surface area contributed by atoms with E-state index < -0.39 is 0 Å². The van der Waals surface area contributed by atoms with Crippen LogP contribution in [0, 0.1) is 0 Å². The molecule has 1 aromatic heterocycles. The summed E-state index contributed by atoms with van der Waals surface area (Å²) in [5.41, 5.74) is 0.129. The van der Waals surface area contributed by atoms with Crippen molar-refractivity contribution in [2.45, 2.75) is 44.9 Å². The zero-order valence-electron chi connectivity index (χ0n) is 10.4. The molecule has 0 spiro atoms. The molecular weight excluding hydrogens is 234 g/mol. The molecule has 0 unspecified atom stereocenters. The van der Waals surface area contributed by atoms with Crippen molar-refractivity contribution in [2.24, 2.45) is 0 Å². The van der Waals surface area contributed by atoms with Crippen molar-refractivity contribution >= 4 is 23.2 Å². The molecule has 3 nitrogen and oxygen atoms in total. The van der Waals surface area contributed by atoms with E-state index in [1.54, 1.807) is 11.3 Å². The SMILES string of the molecule is CC(C)(C)c1ccc(C2CC(=O)NC(=O)C2)s1. The first-order valence-electron chi connectivity index (χ1n) is 5.79. The summed E-state index contributed by atoms with van der Waals surface area (Å²) in [6.07, 6.45) is 0.853. The largest absolute Gasteiger partial charge is 0.296 e. The van der Waals surface area contributed by atoms with Crippen LogP contribution in [-0.2, 0) is 15.0 Å². The molecule has 0 bridgehead atoms. The van der Waals surface area contributed by atoms with Gasteiger partial charge in [0, 0.05) is 28.5 Å². The maximum Gasteiger partial charge on any atom is 0.227 e. The highest BCUT2D eigenvalue weighted by Gasteiger charge is 2.28. The monoisotopic (exact) mass is 251 g/mol. The Kier molecular flexibility index (Phi) is 3.08. The van der Waals surface area contributed by atoms with Gasteiger partial charge in [-0.25, -0.2) is 0 Å². The highest BCUT2D eigenvalue weighted by atomic mass is 32.1. The third-order valence-corrected chi connectivity index (χ3v) is 4.58. The van der Waals surface area contributed by atoms with Crippen LogP contribution in [0.2, 0.25) is 0 Å². The van der Waals surface area contributed by atoms with Crippen LogP contribution in [-0.4, -0.2) is 11.8 Å². The minimum absolute atomic E-state index is 0.0670. The summed E-state index contributed by atoms with van der Waals surface area (Å²) in [7, 11) is 0. The molecule has 17 heavy (non-hydrogen) atoms. The van der Waals surface area contributed by atoms with E-state index in [-0.39, 0.29) is 23.1 Å². The van der Waals surface area contributed by atoms with E-state index in [1.807, 2.05) is 0 Å². The number of carbonyl (C=O) groups is 2. The minimum Gasteiger partial charge on any atom is -0.296 e. The zero-order chi connectivity index (χ0) is 12.6. The second kappa shape index (κ2) is 4.26. The summed E-state index contributed by atoms with van der Waals surface area (Å²) < 4.78 is 0. The minimum atomic E-state index is -0.156. The molecular formula is C13H17NO2S. The van der Waals surface area contributed by atoms with Crippen LogP contribution in [0.5, 0.6) is 0 Å². The highest BCUT2D eigenvalue weighted by molar-refractivity contribution is 7.12. The summed E-state index contributed by atoms with van der Waals surface area (Å²) in [5, 5.41) is 2.34. The summed E-state index contributed by atoms with van der Waals surface area (Å²) in [4.78, 5) is 25.1. The molecule has 0 aromatic carbocycles. The van der Waals surface area contributed by atoms with E-state index in [2.05, 4.69) is 38.2 Å². The molecule has 1 N–H and O–H groups in total. The van der Waals surface area contributed by atoms with Crippen molar-refractivity contribution in [1.29, 1.82) is 0 Å². The van der Waals surface area contributed by atoms with Gasteiger partial charge < -0.3 is 0 Å². The van der Waals surface area contributed by atoms with Gasteiger partial charge in [-0.2, -0.15) is 0 Å². The van der Waals surface area contributed by atoms with Crippen molar-refractivity contribution < 1.29 is 9.59 Å². The van der Waals surface area contributed by atoms with E-state index in [1.165, 1.54) is 4.88 Å². The first kappa shape index (κ1) is 12.3. The number of amides is 2. The van der Waals surface area contributed by atoms with Crippen molar-refractivity contribution in [3.63, 3.8) is 0 Å². The van der Waals surface area contributed by atoms with Crippen LogP contribution < -0.4 is 5.32 Å². The molecule has 2 heterocycles. The number of imide groups is 1. The smallest absolute Gasteiger partial charge is 0.227 e. The van der Waals surface area contributed by atoms with Crippen LogP contribution in [0.3, 0.4) is 0 Å². The van der Waals surface area contributed by atoms with E-state index in [0.29, 0.717) is 12.8 Å². The van der Waals surface area contributed by atoms with E-state index in [9.17, 15) is 9.59 Å². The zero-order valence-corrected chi connectivity index (χ0v) is 11.2. The molecule has 1 fully saturated rings. The van der Waals surface area contributed by atoms with Gasteiger partial charge in [-0.1, -0.05) is 20.8 Å². The van der Waals surface area contributed by atoms with Crippen LogP contribution in [0.4, 0.5) is 0 Å².